The van der Waals surface area contributed by atoms with Crippen LogP contribution in [0.2, 0.25) is 5.02 Å². The maximum atomic E-state index is 11.8. The second-order valence-electron chi connectivity index (χ2n) is 6.27. The molecule has 6 heteroatoms. The lowest BCUT2D eigenvalue weighted by molar-refractivity contribution is -0.127. The summed E-state index contributed by atoms with van der Waals surface area (Å²) >= 11 is 6.03. The van der Waals surface area contributed by atoms with Gasteiger partial charge in [0.05, 0.1) is 0 Å². The van der Waals surface area contributed by atoms with Crippen LogP contribution in [0.4, 0.5) is 0 Å². The van der Waals surface area contributed by atoms with Crippen LogP contribution in [0.25, 0.3) is 10.9 Å². The number of amides is 2. The molecule has 0 unspecified atom stereocenters. The first-order valence-corrected chi connectivity index (χ1v) is 8.81. The van der Waals surface area contributed by atoms with E-state index in [0.717, 1.165) is 42.1 Å². The van der Waals surface area contributed by atoms with Crippen molar-refractivity contribution in [3.63, 3.8) is 0 Å². The molecule has 2 aromatic rings. The lowest BCUT2D eigenvalue weighted by Crippen LogP contribution is -2.37. The molecule has 0 spiro atoms. The number of nitrogens with one attached hydrogen (secondary N) is 3. The summed E-state index contributed by atoms with van der Waals surface area (Å²) in [7, 11) is 0. The summed E-state index contributed by atoms with van der Waals surface area (Å²) in [6.07, 6.45) is 6.10. The predicted molar refractivity (Wildman–Crippen MR) is 95.0 cm³/mol. The van der Waals surface area contributed by atoms with Gasteiger partial charge in [0.2, 0.25) is 11.8 Å². The van der Waals surface area contributed by atoms with Crippen molar-refractivity contribution >= 4 is 34.3 Å². The fraction of sp³-hybridized carbons (Fsp3) is 0.444. The third kappa shape index (κ3) is 4.09. The van der Waals surface area contributed by atoms with Crippen molar-refractivity contribution in [3.05, 3.63) is 35.0 Å². The van der Waals surface area contributed by atoms with E-state index in [1.165, 1.54) is 0 Å². The van der Waals surface area contributed by atoms with Crippen LogP contribution in [0, 0.1) is 5.92 Å². The molecule has 0 radical (unpaired) electrons. The van der Waals surface area contributed by atoms with E-state index < -0.39 is 0 Å². The molecule has 2 amide bonds. The first-order chi connectivity index (χ1) is 11.6. The van der Waals surface area contributed by atoms with Gasteiger partial charge in [-0.25, -0.2) is 0 Å². The highest BCUT2D eigenvalue weighted by Gasteiger charge is 2.24. The molecular formula is C18H22ClN3O2. The summed E-state index contributed by atoms with van der Waals surface area (Å²) in [5, 5.41) is 7.52. The Morgan fingerprint density at radius 3 is 2.79 bits per heavy atom. The van der Waals surface area contributed by atoms with Crippen molar-refractivity contribution in [1.82, 2.24) is 15.6 Å². The summed E-state index contributed by atoms with van der Waals surface area (Å²) in [5.41, 5.74) is 2.17. The molecule has 0 bridgehead atoms. The molecule has 128 valence electrons. The number of aromatic nitrogens is 1. The number of hydrogen-bond acceptors (Lipinski definition) is 2. The molecule has 0 saturated heterocycles. The fourth-order valence-electron chi connectivity index (χ4n) is 2.90. The van der Waals surface area contributed by atoms with Crippen molar-refractivity contribution in [2.45, 2.75) is 32.1 Å². The number of fused-ring (bicyclic) bond motifs is 1. The molecule has 1 heterocycles. The molecule has 1 aromatic carbocycles. The minimum atomic E-state index is -0.0400. The Morgan fingerprint density at radius 1 is 1.21 bits per heavy atom. The largest absolute Gasteiger partial charge is 0.361 e. The second kappa shape index (κ2) is 7.71. The van der Waals surface area contributed by atoms with E-state index in [1.807, 2.05) is 24.4 Å². The number of rotatable bonds is 7. The van der Waals surface area contributed by atoms with Crippen LogP contribution in [0.15, 0.2) is 24.4 Å². The van der Waals surface area contributed by atoms with Gasteiger partial charge in [0.1, 0.15) is 0 Å². The molecule has 0 aliphatic heterocycles. The van der Waals surface area contributed by atoms with E-state index >= 15 is 0 Å². The average molecular weight is 348 g/mol. The van der Waals surface area contributed by atoms with Gasteiger partial charge in [-0.2, -0.15) is 0 Å². The average Bonchev–Trinajstić information content (AvgIpc) is 2.88. The van der Waals surface area contributed by atoms with Crippen molar-refractivity contribution in [2.75, 3.05) is 13.1 Å². The van der Waals surface area contributed by atoms with Crippen molar-refractivity contribution in [2.24, 2.45) is 5.92 Å². The molecule has 1 aromatic heterocycles. The van der Waals surface area contributed by atoms with Gasteiger partial charge in [-0.15, -0.1) is 0 Å². The zero-order chi connectivity index (χ0) is 16.9. The number of halogens is 1. The Hall–Kier alpha value is -2.01. The van der Waals surface area contributed by atoms with Crippen LogP contribution >= 0.6 is 11.6 Å². The predicted octanol–water partition coefficient (Wildman–Crippen LogP) is 2.79. The Balaban J connectivity index is 1.38. The number of carbonyl (C=O) groups excluding carboxylic acids is 2. The van der Waals surface area contributed by atoms with Crippen molar-refractivity contribution in [1.29, 1.82) is 0 Å². The smallest absolute Gasteiger partial charge is 0.223 e. The molecule has 1 aliphatic carbocycles. The van der Waals surface area contributed by atoms with Gasteiger partial charge in [-0.3, -0.25) is 9.59 Å². The van der Waals surface area contributed by atoms with E-state index in [-0.39, 0.29) is 17.7 Å². The van der Waals surface area contributed by atoms with Crippen LogP contribution < -0.4 is 10.6 Å². The molecular weight excluding hydrogens is 326 g/mol. The maximum absolute atomic E-state index is 11.8. The van der Waals surface area contributed by atoms with E-state index in [9.17, 15) is 9.59 Å². The molecule has 24 heavy (non-hydrogen) atoms. The Kier molecular flexibility index (Phi) is 5.41. The van der Waals surface area contributed by atoms with E-state index in [1.54, 1.807) is 0 Å². The van der Waals surface area contributed by atoms with Crippen LogP contribution in [0.5, 0.6) is 0 Å². The summed E-state index contributed by atoms with van der Waals surface area (Å²) in [5.74, 6) is 0.216. The number of hydrogen-bond donors (Lipinski definition) is 3. The fourth-order valence-corrected chi connectivity index (χ4v) is 3.07. The minimum Gasteiger partial charge on any atom is -0.361 e. The molecule has 1 fully saturated rings. The quantitative estimate of drug-likeness (QED) is 0.720. The summed E-state index contributed by atoms with van der Waals surface area (Å²) in [6, 6.07) is 5.73. The van der Waals surface area contributed by atoms with Gasteiger partial charge >= 0.3 is 0 Å². The van der Waals surface area contributed by atoms with Gasteiger partial charge in [0, 0.05) is 47.6 Å². The lowest BCUT2D eigenvalue weighted by atomic mass is 9.85. The van der Waals surface area contributed by atoms with Gasteiger partial charge in [-0.05, 0) is 43.0 Å². The van der Waals surface area contributed by atoms with E-state index in [2.05, 4.69) is 15.6 Å². The van der Waals surface area contributed by atoms with Crippen LogP contribution in [0.1, 0.15) is 31.2 Å². The Bertz CT molecular complexity index is 737. The van der Waals surface area contributed by atoms with Crippen LogP contribution in [-0.2, 0) is 16.0 Å². The van der Waals surface area contributed by atoms with Crippen LogP contribution in [-0.4, -0.2) is 29.9 Å². The van der Waals surface area contributed by atoms with E-state index in [4.69, 9.17) is 11.6 Å². The summed E-state index contributed by atoms with van der Waals surface area (Å²) < 4.78 is 0. The topological polar surface area (TPSA) is 74.0 Å². The number of aromatic amines is 1. The van der Waals surface area contributed by atoms with E-state index in [0.29, 0.717) is 24.5 Å². The number of H-pyrrole nitrogens is 1. The zero-order valence-corrected chi connectivity index (χ0v) is 14.3. The molecule has 5 nitrogen and oxygen atoms in total. The van der Waals surface area contributed by atoms with Gasteiger partial charge < -0.3 is 15.6 Å². The monoisotopic (exact) mass is 347 g/mol. The highest BCUT2D eigenvalue weighted by Crippen LogP contribution is 2.26. The Morgan fingerprint density at radius 2 is 2.04 bits per heavy atom. The number of benzene rings is 1. The first kappa shape index (κ1) is 16.8. The van der Waals surface area contributed by atoms with Crippen LogP contribution in [0.3, 0.4) is 0 Å². The maximum Gasteiger partial charge on any atom is 0.223 e. The third-order valence-electron chi connectivity index (χ3n) is 4.57. The summed E-state index contributed by atoms with van der Waals surface area (Å²) in [6.45, 7) is 0.971. The normalized spacial score (nSPS) is 14.4. The highest BCUT2D eigenvalue weighted by molar-refractivity contribution is 6.31. The van der Waals surface area contributed by atoms with Gasteiger partial charge in [0.15, 0.2) is 0 Å². The second-order valence-corrected chi connectivity index (χ2v) is 6.71. The minimum absolute atomic E-state index is 0.0400. The molecule has 3 N–H and O–H groups in total. The van der Waals surface area contributed by atoms with Gasteiger partial charge in [-0.1, -0.05) is 18.0 Å². The SMILES string of the molecule is O=C(CCNC(=O)C1CCC1)NCCc1c[nH]c2ccc(Cl)cc12. The zero-order valence-electron chi connectivity index (χ0n) is 13.5. The standard InChI is InChI=1S/C18H22ClN3O2/c19-14-4-5-16-15(10-14)13(11-22-16)6-8-20-17(23)7-9-21-18(24)12-2-1-3-12/h4-5,10-12,22H,1-3,6-9H2,(H,20,23)(H,21,24). The molecule has 3 rings (SSSR count). The summed E-state index contributed by atoms with van der Waals surface area (Å²) in [4.78, 5) is 26.7. The number of carbonyl (C=O) groups is 2. The molecule has 1 saturated carbocycles. The molecule has 0 atom stereocenters. The first-order valence-electron chi connectivity index (χ1n) is 8.43. The van der Waals surface area contributed by atoms with Crippen molar-refractivity contribution in [3.8, 4) is 0 Å². The Labute approximate surface area is 146 Å². The van der Waals surface area contributed by atoms with Gasteiger partial charge in [0.25, 0.3) is 0 Å². The highest BCUT2D eigenvalue weighted by atomic mass is 35.5. The molecule has 1 aliphatic rings. The third-order valence-corrected chi connectivity index (χ3v) is 4.81. The van der Waals surface area contributed by atoms with Crippen molar-refractivity contribution < 1.29 is 9.59 Å². The lowest BCUT2D eigenvalue weighted by Gasteiger charge is -2.23.